The average molecular weight is 607 g/mol. The van der Waals surface area contributed by atoms with Crippen molar-refractivity contribution in [1.82, 2.24) is 0 Å². The van der Waals surface area contributed by atoms with Crippen LogP contribution in [0, 0.1) is 0 Å². The molecular weight excluding hydrogens is 569 g/mol. The van der Waals surface area contributed by atoms with E-state index >= 15 is 0 Å². The molecule has 7 nitrogen and oxygen atoms in total. The Kier molecular flexibility index (Phi) is 9.75. The summed E-state index contributed by atoms with van der Waals surface area (Å²) in [6.07, 6.45) is -10.4. The fourth-order valence-electron chi connectivity index (χ4n) is 4.59. The summed E-state index contributed by atoms with van der Waals surface area (Å²) in [6, 6.07) is 10.8. The first-order chi connectivity index (χ1) is 18.3. The number of hydrogen-bond acceptors (Lipinski definition) is 7. The highest BCUT2D eigenvalue weighted by Crippen LogP contribution is 2.45. The number of aliphatic hydroxyl groups excluding tert-OH is 4. The summed E-state index contributed by atoms with van der Waals surface area (Å²) in [5.41, 5.74) is 0.476. The zero-order valence-corrected chi connectivity index (χ0v) is 25.1. The van der Waals surface area contributed by atoms with E-state index < -0.39 is 56.8 Å². The molecule has 0 aromatic heterocycles. The Morgan fingerprint density at radius 2 is 1.62 bits per heavy atom. The Labute approximate surface area is 238 Å². The minimum absolute atomic E-state index is 0.0665. The maximum absolute atomic E-state index is 12.4. The normalized spacial score (nSPS) is 26.9. The van der Waals surface area contributed by atoms with E-state index in [0.717, 1.165) is 5.56 Å². The first-order valence-electron chi connectivity index (χ1n) is 12.9. The van der Waals surface area contributed by atoms with E-state index in [0.29, 0.717) is 16.1 Å². The summed E-state index contributed by atoms with van der Waals surface area (Å²) < 4.78 is 54.0. The topological polar surface area (TPSA) is 109 Å². The van der Waals surface area contributed by atoms with Crippen molar-refractivity contribution in [2.45, 2.75) is 87.4 Å². The first-order valence-corrected chi connectivity index (χ1v) is 16.3. The number of hydrogen-bond donors (Lipinski definition) is 4. The van der Waals surface area contributed by atoms with Crippen LogP contribution in [-0.2, 0) is 21.7 Å². The number of benzene rings is 2. The second-order valence-corrected chi connectivity index (χ2v) is 17.8. The van der Waals surface area contributed by atoms with Gasteiger partial charge in [0.1, 0.15) is 30.2 Å². The lowest BCUT2D eigenvalue weighted by Gasteiger charge is -2.52. The van der Waals surface area contributed by atoms with Crippen molar-refractivity contribution in [2.75, 3.05) is 13.7 Å². The lowest BCUT2D eigenvalue weighted by Crippen LogP contribution is -2.69. The van der Waals surface area contributed by atoms with Gasteiger partial charge in [-0.25, -0.2) is 0 Å². The van der Waals surface area contributed by atoms with Crippen LogP contribution in [0.15, 0.2) is 42.5 Å². The van der Waals surface area contributed by atoms with Gasteiger partial charge in [-0.15, -0.1) is 0 Å². The molecule has 1 unspecified atom stereocenters. The van der Waals surface area contributed by atoms with Gasteiger partial charge in [-0.1, -0.05) is 63.7 Å². The lowest BCUT2D eigenvalue weighted by molar-refractivity contribution is -0.369. The van der Waals surface area contributed by atoms with Gasteiger partial charge < -0.3 is 34.6 Å². The van der Waals surface area contributed by atoms with E-state index in [2.05, 4.69) is 0 Å². The summed E-state index contributed by atoms with van der Waals surface area (Å²) >= 11 is 6.46. The van der Waals surface area contributed by atoms with Crippen LogP contribution in [0.1, 0.15) is 37.5 Å². The molecule has 40 heavy (non-hydrogen) atoms. The summed E-state index contributed by atoms with van der Waals surface area (Å²) in [7, 11) is -1.24. The molecule has 4 N–H and O–H groups in total. The molecular formula is C28H38ClF3O7Si. The van der Waals surface area contributed by atoms with E-state index in [4.69, 9.17) is 25.8 Å². The highest BCUT2D eigenvalue weighted by Gasteiger charge is 2.59. The molecule has 0 bridgehead atoms. The van der Waals surface area contributed by atoms with Crippen molar-refractivity contribution < 1.29 is 47.8 Å². The third-order valence-electron chi connectivity index (χ3n) is 8.17. The Balaban J connectivity index is 1.94. The van der Waals surface area contributed by atoms with Gasteiger partial charge >= 0.3 is 6.18 Å². The van der Waals surface area contributed by atoms with Gasteiger partial charge in [0.2, 0.25) is 5.79 Å². The maximum Gasteiger partial charge on any atom is 0.422 e. The van der Waals surface area contributed by atoms with Crippen molar-refractivity contribution >= 4 is 19.7 Å². The molecule has 1 heterocycles. The predicted octanol–water partition coefficient (Wildman–Crippen LogP) is 4.56. The van der Waals surface area contributed by atoms with Crippen LogP contribution in [0.25, 0.3) is 0 Å². The molecule has 2 aromatic carbocycles. The summed E-state index contributed by atoms with van der Waals surface area (Å²) in [4.78, 5) is 0. The first kappa shape index (κ1) is 32.8. The second-order valence-electron chi connectivity index (χ2n) is 11.8. The molecule has 0 spiro atoms. The fraction of sp³-hybridized carbons (Fsp3) is 0.571. The molecule has 6 atom stereocenters. The molecule has 0 aliphatic carbocycles. The van der Waals surface area contributed by atoms with Gasteiger partial charge in [0.25, 0.3) is 0 Å². The van der Waals surface area contributed by atoms with E-state index in [1.807, 2.05) is 33.9 Å². The lowest BCUT2D eigenvalue weighted by atomic mass is 9.87. The van der Waals surface area contributed by atoms with Crippen LogP contribution in [0.5, 0.6) is 5.75 Å². The average Bonchev–Trinajstić information content (AvgIpc) is 2.87. The van der Waals surface area contributed by atoms with Crippen LogP contribution >= 0.6 is 11.6 Å². The molecule has 1 aliphatic rings. The summed E-state index contributed by atoms with van der Waals surface area (Å²) in [5.74, 6) is -1.88. The molecule has 1 saturated heterocycles. The van der Waals surface area contributed by atoms with E-state index in [1.54, 1.807) is 30.3 Å². The van der Waals surface area contributed by atoms with Gasteiger partial charge in [-0.2, -0.15) is 13.2 Å². The second kappa shape index (κ2) is 11.9. The van der Waals surface area contributed by atoms with Gasteiger partial charge in [-0.3, -0.25) is 0 Å². The minimum atomic E-state index is -4.45. The smallest absolute Gasteiger partial charge is 0.422 e. The van der Waals surface area contributed by atoms with Crippen LogP contribution in [-0.4, -0.2) is 78.5 Å². The monoisotopic (exact) mass is 606 g/mol. The van der Waals surface area contributed by atoms with Crippen LogP contribution < -0.4 is 4.74 Å². The number of aliphatic hydroxyl groups is 4. The van der Waals surface area contributed by atoms with Gasteiger partial charge in [0.05, 0.1) is 13.8 Å². The summed E-state index contributed by atoms with van der Waals surface area (Å²) in [5, 5.41) is 44.3. The molecule has 1 aliphatic heterocycles. The fourth-order valence-corrected chi connectivity index (χ4v) is 6.75. The minimum Gasteiger partial charge on any atom is -0.484 e. The molecule has 0 radical (unpaired) electrons. The van der Waals surface area contributed by atoms with Crippen molar-refractivity contribution in [2.24, 2.45) is 0 Å². The van der Waals surface area contributed by atoms with E-state index in [9.17, 15) is 33.6 Å². The molecule has 2 aromatic rings. The standard InChI is InChI=1S/C28H38ClF3O7Si/c1-26(2,3)40(5,6)25(36)23-21(33)22(34)24(35)28(37-4,39-23)18-9-12-20(29)17(14-18)13-16-7-10-19(11-8-16)38-15-27(30,31)32/h7-12,14,21-25,33-36H,13,15H2,1-6H3/t21-,22-,23+,24+,25?,28-/m0/s1. The molecule has 1 fully saturated rings. The molecule has 12 heteroatoms. The summed E-state index contributed by atoms with van der Waals surface area (Å²) in [6.45, 7) is 8.50. The van der Waals surface area contributed by atoms with Crippen molar-refractivity contribution in [3.63, 3.8) is 0 Å². The van der Waals surface area contributed by atoms with E-state index in [-0.39, 0.29) is 17.2 Å². The van der Waals surface area contributed by atoms with Gasteiger partial charge in [-0.05, 0) is 46.9 Å². The number of rotatable bonds is 8. The molecule has 3 rings (SSSR count). The largest absolute Gasteiger partial charge is 0.484 e. The van der Waals surface area contributed by atoms with Crippen LogP contribution in [0.4, 0.5) is 13.2 Å². The Morgan fingerprint density at radius 1 is 1.02 bits per heavy atom. The van der Waals surface area contributed by atoms with Crippen molar-refractivity contribution in [1.29, 1.82) is 0 Å². The molecule has 0 amide bonds. The van der Waals surface area contributed by atoms with Gasteiger partial charge in [0.15, 0.2) is 6.61 Å². The number of methoxy groups -OCH3 is 1. The zero-order valence-electron chi connectivity index (χ0n) is 23.4. The third kappa shape index (κ3) is 6.68. The highest BCUT2D eigenvalue weighted by atomic mass is 35.5. The highest BCUT2D eigenvalue weighted by molar-refractivity contribution is 6.81. The van der Waals surface area contributed by atoms with Crippen LogP contribution in [0.2, 0.25) is 23.2 Å². The quantitative estimate of drug-likeness (QED) is 0.326. The number of halogens is 4. The van der Waals surface area contributed by atoms with Crippen LogP contribution in [0.3, 0.4) is 0 Å². The molecule has 224 valence electrons. The van der Waals surface area contributed by atoms with E-state index in [1.165, 1.54) is 19.2 Å². The predicted molar refractivity (Wildman–Crippen MR) is 147 cm³/mol. The molecule has 0 saturated carbocycles. The number of ether oxygens (including phenoxy) is 3. The van der Waals surface area contributed by atoms with Crippen molar-refractivity contribution in [3.05, 3.63) is 64.2 Å². The zero-order chi connectivity index (χ0) is 30.3. The Hall–Kier alpha value is -1.70. The third-order valence-corrected chi connectivity index (χ3v) is 14.2. The van der Waals surface area contributed by atoms with Gasteiger partial charge in [0, 0.05) is 17.7 Å². The van der Waals surface area contributed by atoms with Crippen molar-refractivity contribution in [3.8, 4) is 5.75 Å². The Morgan fingerprint density at radius 3 is 2.15 bits per heavy atom. The Bertz CT molecular complexity index is 1160. The number of alkyl halides is 3. The maximum atomic E-state index is 12.4. The SMILES string of the molecule is CO[C@@]1(c2ccc(Cl)c(Cc3ccc(OCC(F)(F)F)cc3)c2)O[C@@H](C(O)[Si](C)(C)C(C)(C)C)[C@@H](O)[C@H](O)[C@H]1O.